The Morgan fingerprint density at radius 2 is 1.69 bits per heavy atom. The lowest BCUT2D eigenvalue weighted by Crippen LogP contribution is -2.52. The Balaban J connectivity index is 2.10. The third-order valence-electron chi connectivity index (χ3n) is 3.61. The van der Waals surface area contributed by atoms with Crippen LogP contribution < -0.4 is 0 Å². The van der Waals surface area contributed by atoms with Crippen LogP contribution in [0.5, 0.6) is 0 Å². The topological polar surface area (TPSA) is 12.5 Å². The first-order valence-corrected chi connectivity index (χ1v) is 5.44. The van der Waals surface area contributed by atoms with E-state index in [0.717, 1.165) is 36.9 Å². The normalized spacial score (nSPS) is 41.1. The van der Waals surface area contributed by atoms with Gasteiger partial charge in [-0.05, 0) is 30.7 Å². The summed E-state index contributed by atoms with van der Waals surface area (Å²) in [4.78, 5) is 2.47. The lowest BCUT2D eigenvalue weighted by molar-refractivity contribution is -0.0917. The fourth-order valence-electron chi connectivity index (χ4n) is 3.29. The van der Waals surface area contributed by atoms with Gasteiger partial charge >= 0.3 is 0 Å². The van der Waals surface area contributed by atoms with Gasteiger partial charge in [0.15, 0.2) is 0 Å². The van der Waals surface area contributed by atoms with Gasteiger partial charge in [0.25, 0.3) is 0 Å². The molecule has 2 nitrogen and oxygen atoms in total. The van der Waals surface area contributed by atoms with Crippen molar-refractivity contribution in [2.24, 2.45) is 23.7 Å². The van der Waals surface area contributed by atoms with Crippen LogP contribution in [0.4, 0.5) is 0 Å². The molecule has 2 heteroatoms. The number of rotatable bonds is 1. The maximum atomic E-state index is 5.64. The van der Waals surface area contributed by atoms with Crippen molar-refractivity contribution >= 4 is 0 Å². The van der Waals surface area contributed by atoms with E-state index in [1.165, 1.54) is 13.1 Å². The second-order valence-electron chi connectivity index (χ2n) is 5.10. The zero-order valence-corrected chi connectivity index (χ0v) is 8.99. The second kappa shape index (κ2) is 3.58. The summed E-state index contributed by atoms with van der Waals surface area (Å²) in [6.07, 6.45) is 0. The molecular weight excluding hydrogens is 162 g/mol. The van der Waals surface area contributed by atoms with Crippen molar-refractivity contribution in [2.45, 2.75) is 13.8 Å². The largest absolute Gasteiger partial charge is 0.381 e. The minimum atomic E-state index is 0.789. The minimum Gasteiger partial charge on any atom is -0.381 e. The Labute approximate surface area is 81.3 Å². The molecule has 0 aromatic rings. The molecule has 0 unspecified atom stereocenters. The molecule has 2 aliphatic heterocycles. The molecule has 2 heterocycles. The summed E-state index contributed by atoms with van der Waals surface area (Å²) >= 11 is 0. The van der Waals surface area contributed by atoms with Crippen LogP contribution in [0.1, 0.15) is 13.8 Å². The third-order valence-corrected chi connectivity index (χ3v) is 3.61. The van der Waals surface area contributed by atoms with Crippen molar-refractivity contribution in [3.8, 4) is 0 Å². The molecule has 0 aromatic carbocycles. The standard InChI is InChI=1S/C11H21NO/c1-8(2)11-9-4-12(3)5-10(11)7-13-6-9/h8-11H,4-7H2,1-3H3/t9-,10-/m0/s1. The predicted molar refractivity (Wildman–Crippen MR) is 53.6 cm³/mol. The van der Waals surface area contributed by atoms with Crippen LogP contribution in [0, 0.1) is 23.7 Å². The zero-order chi connectivity index (χ0) is 9.42. The summed E-state index contributed by atoms with van der Waals surface area (Å²) in [5.74, 6) is 3.31. The van der Waals surface area contributed by atoms with Gasteiger partial charge in [-0.25, -0.2) is 0 Å². The SMILES string of the molecule is CC(C)C1[C@@H]2COC[C@@H]1CN(C)C2. The highest BCUT2D eigenvalue weighted by Gasteiger charge is 2.40. The van der Waals surface area contributed by atoms with Gasteiger partial charge in [0.1, 0.15) is 0 Å². The molecule has 2 atom stereocenters. The summed E-state index contributed by atoms with van der Waals surface area (Å²) in [6, 6.07) is 0. The van der Waals surface area contributed by atoms with E-state index in [-0.39, 0.29) is 0 Å². The van der Waals surface area contributed by atoms with Gasteiger partial charge in [-0.2, -0.15) is 0 Å². The molecule has 0 radical (unpaired) electrons. The molecule has 0 saturated carbocycles. The molecule has 2 rings (SSSR count). The first-order chi connectivity index (χ1) is 6.18. The van der Waals surface area contributed by atoms with Gasteiger partial charge in [0.2, 0.25) is 0 Å². The highest BCUT2D eigenvalue weighted by Crippen LogP contribution is 2.37. The molecule has 2 fully saturated rings. The fourth-order valence-corrected chi connectivity index (χ4v) is 3.29. The van der Waals surface area contributed by atoms with Crippen LogP contribution in [0.15, 0.2) is 0 Å². The Morgan fingerprint density at radius 1 is 1.15 bits per heavy atom. The van der Waals surface area contributed by atoms with E-state index in [9.17, 15) is 0 Å². The summed E-state index contributed by atoms with van der Waals surface area (Å²) in [5.41, 5.74) is 0. The van der Waals surface area contributed by atoms with Crippen molar-refractivity contribution in [1.29, 1.82) is 0 Å². The number of fused-ring (bicyclic) bond motifs is 2. The van der Waals surface area contributed by atoms with Crippen LogP contribution in [-0.4, -0.2) is 38.3 Å². The minimum absolute atomic E-state index is 0.789. The Kier molecular flexibility index (Phi) is 2.61. The van der Waals surface area contributed by atoms with Gasteiger partial charge in [0, 0.05) is 13.1 Å². The van der Waals surface area contributed by atoms with Crippen LogP contribution in [-0.2, 0) is 4.74 Å². The first-order valence-electron chi connectivity index (χ1n) is 5.44. The molecule has 0 amide bonds. The van der Waals surface area contributed by atoms with Crippen LogP contribution in [0.3, 0.4) is 0 Å². The number of ether oxygens (including phenoxy) is 1. The molecule has 0 aromatic heterocycles. The summed E-state index contributed by atoms with van der Waals surface area (Å²) in [7, 11) is 2.24. The Morgan fingerprint density at radius 3 is 2.15 bits per heavy atom. The van der Waals surface area contributed by atoms with E-state index in [4.69, 9.17) is 4.74 Å². The molecule has 0 N–H and O–H groups in total. The van der Waals surface area contributed by atoms with E-state index in [2.05, 4.69) is 25.8 Å². The van der Waals surface area contributed by atoms with Gasteiger partial charge in [-0.3, -0.25) is 0 Å². The zero-order valence-electron chi connectivity index (χ0n) is 8.99. The van der Waals surface area contributed by atoms with E-state index in [1.807, 2.05) is 0 Å². The van der Waals surface area contributed by atoms with Gasteiger partial charge in [-0.1, -0.05) is 13.8 Å². The number of hydrogen-bond acceptors (Lipinski definition) is 2. The molecule has 13 heavy (non-hydrogen) atoms. The number of likely N-dealkylation sites (tertiary alicyclic amines) is 1. The maximum absolute atomic E-state index is 5.64. The van der Waals surface area contributed by atoms with Gasteiger partial charge in [0.05, 0.1) is 13.2 Å². The molecular formula is C11H21NO. The third kappa shape index (κ3) is 1.75. The lowest BCUT2D eigenvalue weighted by atomic mass is 9.71. The summed E-state index contributed by atoms with van der Waals surface area (Å²) < 4.78 is 5.64. The van der Waals surface area contributed by atoms with Crippen molar-refractivity contribution in [1.82, 2.24) is 4.90 Å². The van der Waals surface area contributed by atoms with E-state index in [0.29, 0.717) is 0 Å². The lowest BCUT2D eigenvalue weighted by Gasteiger charge is -2.47. The fraction of sp³-hybridized carbons (Fsp3) is 1.00. The first kappa shape index (κ1) is 9.47. The second-order valence-corrected chi connectivity index (χ2v) is 5.10. The van der Waals surface area contributed by atoms with Crippen molar-refractivity contribution in [2.75, 3.05) is 33.4 Å². The molecule has 2 saturated heterocycles. The predicted octanol–water partition coefficient (Wildman–Crippen LogP) is 1.47. The highest BCUT2D eigenvalue weighted by molar-refractivity contribution is 4.89. The smallest absolute Gasteiger partial charge is 0.0509 e. The average molecular weight is 183 g/mol. The summed E-state index contributed by atoms with van der Waals surface area (Å²) in [5, 5.41) is 0. The molecule has 0 spiro atoms. The number of hydrogen-bond donors (Lipinski definition) is 0. The quantitative estimate of drug-likeness (QED) is 0.610. The summed E-state index contributed by atoms with van der Waals surface area (Å²) in [6.45, 7) is 9.18. The van der Waals surface area contributed by atoms with E-state index < -0.39 is 0 Å². The van der Waals surface area contributed by atoms with Crippen LogP contribution >= 0.6 is 0 Å². The molecule has 0 aliphatic carbocycles. The van der Waals surface area contributed by atoms with Crippen molar-refractivity contribution in [3.05, 3.63) is 0 Å². The molecule has 2 aliphatic rings. The maximum Gasteiger partial charge on any atom is 0.0509 e. The highest BCUT2D eigenvalue weighted by atomic mass is 16.5. The molecule has 76 valence electrons. The van der Waals surface area contributed by atoms with E-state index >= 15 is 0 Å². The van der Waals surface area contributed by atoms with Crippen molar-refractivity contribution < 1.29 is 4.74 Å². The average Bonchev–Trinajstić information content (AvgIpc) is 2.01. The van der Waals surface area contributed by atoms with E-state index in [1.54, 1.807) is 0 Å². The number of nitrogens with zero attached hydrogens (tertiary/aromatic N) is 1. The number of piperidine rings is 1. The Hall–Kier alpha value is -0.0800. The van der Waals surface area contributed by atoms with Gasteiger partial charge in [-0.15, -0.1) is 0 Å². The van der Waals surface area contributed by atoms with Crippen LogP contribution in [0.2, 0.25) is 0 Å². The molecule has 2 bridgehead atoms. The van der Waals surface area contributed by atoms with Crippen LogP contribution in [0.25, 0.3) is 0 Å². The van der Waals surface area contributed by atoms with Crippen molar-refractivity contribution in [3.63, 3.8) is 0 Å². The van der Waals surface area contributed by atoms with Gasteiger partial charge < -0.3 is 9.64 Å². The Bertz CT molecular complexity index is 167. The monoisotopic (exact) mass is 183 g/mol.